The summed E-state index contributed by atoms with van der Waals surface area (Å²) in [7, 11) is 0. The molecule has 7 N–H and O–H groups in total. The Morgan fingerprint density at radius 2 is 1.62 bits per heavy atom. The quantitative estimate of drug-likeness (QED) is 0.0658. The number of carbonyl (C=O) groups is 5. The van der Waals surface area contributed by atoms with E-state index in [9.17, 15) is 24.0 Å². The van der Waals surface area contributed by atoms with Gasteiger partial charge in [0.25, 0.3) is 0 Å². The van der Waals surface area contributed by atoms with Gasteiger partial charge < -0.3 is 46.0 Å². The van der Waals surface area contributed by atoms with Crippen LogP contribution in [-0.4, -0.2) is 135 Å². The van der Waals surface area contributed by atoms with Crippen molar-refractivity contribution in [1.82, 2.24) is 25.5 Å². The monoisotopic (exact) mass is 681 g/mol. The minimum absolute atomic E-state index is 0.0255. The Balaban J connectivity index is 1.61. The molecular weight excluding hydrogens is 626 g/mol. The Kier molecular flexibility index (Phi) is 21.1. The number of ether oxygens (including phenoxy) is 4. The molecule has 0 spiro atoms. The maximum Gasteiger partial charge on any atom is 0.246 e. The summed E-state index contributed by atoms with van der Waals surface area (Å²) in [6.07, 6.45) is 7.31. The number of likely N-dealkylation sites (tertiary alicyclic amines) is 1. The number of unbranched alkanes of at least 4 members (excludes halogenated alkanes) is 1. The van der Waals surface area contributed by atoms with Crippen molar-refractivity contribution in [2.24, 2.45) is 17.4 Å². The van der Waals surface area contributed by atoms with Gasteiger partial charge >= 0.3 is 0 Å². The van der Waals surface area contributed by atoms with E-state index in [0.717, 1.165) is 12.1 Å². The first-order valence-corrected chi connectivity index (χ1v) is 16.9. The van der Waals surface area contributed by atoms with Crippen LogP contribution in [-0.2, 0) is 49.3 Å². The molecule has 1 aromatic heterocycles. The molecule has 0 radical (unpaired) electrons. The highest BCUT2D eigenvalue weighted by molar-refractivity contribution is 5.87. The van der Waals surface area contributed by atoms with Crippen LogP contribution in [0.2, 0.25) is 0 Å². The Morgan fingerprint density at radius 3 is 2.29 bits per heavy atom. The molecule has 0 saturated carbocycles. The second-order valence-corrected chi connectivity index (χ2v) is 11.7. The van der Waals surface area contributed by atoms with Crippen molar-refractivity contribution in [3.05, 3.63) is 18.2 Å². The molecule has 2 rings (SSSR count). The number of aromatic amines is 1. The number of nitrogens with two attached hydrogens (primary N) is 2. The van der Waals surface area contributed by atoms with E-state index < -0.39 is 18.0 Å². The topological polar surface area (TPSA) is 230 Å². The summed E-state index contributed by atoms with van der Waals surface area (Å²) in [6.45, 7) is 5.45. The fourth-order valence-corrected chi connectivity index (χ4v) is 5.30. The summed E-state index contributed by atoms with van der Waals surface area (Å²) < 4.78 is 21.0. The van der Waals surface area contributed by atoms with E-state index in [2.05, 4.69) is 20.6 Å². The van der Waals surface area contributed by atoms with Gasteiger partial charge in [0.15, 0.2) is 0 Å². The van der Waals surface area contributed by atoms with Gasteiger partial charge in [-0.25, -0.2) is 4.98 Å². The van der Waals surface area contributed by atoms with E-state index in [0.29, 0.717) is 84.6 Å². The van der Waals surface area contributed by atoms with Crippen molar-refractivity contribution < 1.29 is 42.9 Å². The molecule has 0 aromatic carbocycles. The Bertz CT molecular complexity index is 1090. The molecule has 1 saturated heterocycles. The van der Waals surface area contributed by atoms with E-state index >= 15 is 0 Å². The molecule has 1 aliphatic heterocycles. The first kappa shape index (κ1) is 40.9. The average molecular weight is 682 g/mol. The van der Waals surface area contributed by atoms with Gasteiger partial charge in [0, 0.05) is 50.3 Å². The highest BCUT2D eigenvalue weighted by Gasteiger charge is 2.32. The van der Waals surface area contributed by atoms with Gasteiger partial charge in [0.1, 0.15) is 24.8 Å². The number of rotatable bonds is 29. The van der Waals surface area contributed by atoms with Gasteiger partial charge in [-0.05, 0) is 45.6 Å². The number of hydrogen-bond donors (Lipinski definition) is 5. The summed E-state index contributed by atoms with van der Waals surface area (Å²) in [5.74, 6) is -1.46. The van der Waals surface area contributed by atoms with Crippen molar-refractivity contribution in [2.75, 3.05) is 79.0 Å². The van der Waals surface area contributed by atoms with Crippen molar-refractivity contribution in [3.8, 4) is 0 Å². The molecular formula is C32H55N7O9. The van der Waals surface area contributed by atoms with E-state index in [-0.39, 0.29) is 68.7 Å². The zero-order valence-electron chi connectivity index (χ0n) is 28.3. The largest absolute Gasteiger partial charge is 0.379 e. The van der Waals surface area contributed by atoms with Gasteiger partial charge in [-0.15, -0.1) is 0 Å². The van der Waals surface area contributed by atoms with Crippen molar-refractivity contribution in [2.45, 2.75) is 70.4 Å². The summed E-state index contributed by atoms with van der Waals surface area (Å²) in [4.78, 5) is 70.4. The molecule has 0 bridgehead atoms. The number of amides is 3. The van der Waals surface area contributed by atoms with Crippen LogP contribution >= 0.6 is 0 Å². The second kappa shape index (κ2) is 24.8. The lowest BCUT2D eigenvalue weighted by atomic mass is 9.89. The number of imidazole rings is 1. The molecule has 1 unspecified atom stereocenters. The first-order chi connectivity index (χ1) is 23.2. The highest BCUT2D eigenvalue weighted by Crippen LogP contribution is 2.22. The lowest BCUT2D eigenvalue weighted by Gasteiger charge is -2.24. The molecule has 2 heterocycles. The fraction of sp³-hybridized carbons (Fsp3) is 0.750. The molecule has 272 valence electrons. The van der Waals surface area contributed by atoms with Gasteiger partial charge in [0.2, 0.25) is 17.7 Å². The van der Waals surface area contributed by atoms with Crippen LogP contribution in [0.4, 0.5) is 0 Å². The minimum atomic E-state index is -0.697. The maximum absolute atomic E-state index is 13.3. The predicted molar refractivity (Wildman–Crippen MR) is 176 cm³/mol. The van der Waals surface area contributed by atoms with Gasteiger partial charge in [0.05, 0.1) is 58.0 Å². The third kappa shape index (κ3) is 17.8. The van der Waals surface area contributed by atoms with Crippen LogP contribution in [0.15, 0.2) is 12.5 Å². The number of carbonyl (C=O) groups excluding carboxylic acids is 5. The number of nitrogens with zero attached hydrogens (tertiary/aromatic N) is 2. The van der Waals surface area contributed by atoms with E-state index in [1.165, 1.54) is 6.33 Å². The van der Waals surface area contributed by atoms with Crippen LogP contribution < -0.4 is 22.1 Å². The molecule has 16 nitrogen and oxygen atoms in total. The summed E-state index contributed by atoms with van der Waals surface area (Å²) in [5.41, 5.74) is 12.4. The molecule has 1 aromatic rings. The zero-order valence-corrected chi connectivity index (χ0v) is 28.3. The average Bonchev–Trinajstić information content (AvgIpc) is 3.75. The minimum Gasteiger partial charge on any atom is -0.379 e. The Labute approximate surface area is 282 Å². The maximum atomic E-state index is 13.3. The smallest absolute Gasteiger partial charge is 0.246 e. The Hall–Kier alpha value is -3.28. The Morgan fingerprint density at radius 1 is 0.938 bits per heavy atom. The predicted octanol–water partition coefficient (Wildman–Crippen LogP) is -0.747. The number of primary amides is 1. The van der Waals surface area contributed by atoms with E-state index in [1.54, 1.807) is 6.20 Å². The van der Waals surface area contributed by atoms with Crippen LogP contribution in [0.25, 0.3) is 0 Å². The number of ketones is 2. The summed E-state index contributed by atoms with van der Waals surface area (Å²) in [6, 6.07) is -1.14. The third-order valence-corrected chi connectivity index (χ3v) is 7.94. The SMILES string of the molecule is CCOCCOCC(=O)NCCOCCOCC(=O)NCCCC[C@H](CCC(=O)[C@@H](N)Cc1cnc[nH]1)C(=O)CN1CCCC1C(N)=O. The fourth-order valence-electron chi connectivity index (χ4n) is 5.30. The summed E-state index contributed by atoms with van der Waals surface area (Å²) >= 11 is 0. The third-order valence-electron chi connectivity index (χ3n) is 7.94. The molecule has 48 heavy (non-hydrogen) atoms. The van der Waals surface area contributed by atoms with Crippen molar-refractivity contribution in [1.29, 1.82) is 0 Å². The first-order valence-electron chi connectivity index (χ1n) is 16.9. The zero-order chi connectivity index (χ0) is 35.0. The molecule has 1 aliphatic rings. The lowest BCUT2D eigenvalue weighted by molar-refractivity contribution is -0.128. The highest BCUT2D eigenvalue weighted by atomic mass is 16.5. The number of hydrogen-bond acceptors (Lipinski definition) is 12. The van der Waals surface area contributed by atoms with Crippen LogP contribution in [0.1, 0.15) is 57.6 Å². The van der Waals surface area contributed by atoms with Gasteiger partial charge in [-0.3, -0.25) is 28.9 Å². The lowest BCUT2D eigenvalue weighted by Crippen LogP contribution is -2.44. The second-order valence-electron chi connectivity index (χ2n) is 11.7. The molecule has 16 heteroatoms. The number of nitrogens with one attached hydrogen (secondary N) is 3. The van der Waals surface area contributed by atoms with Crippen LogP contribution in [0.3, 0.4) is 0 Å². The van der Waals surface area contributed by atoms with Gasteiger partial charge in [-0.1, -0.05) is 6.42 Å². The molecule has 3 atom stereocenters. The van der Waals surface area contributed by atoms with Crippen LogP contribution in [0.5, 0.6) is 0 Å². The summed E-state index contributed by atoms with van der Waals surface area (Å²) in [5, 5.41) is 5.48. The molecule has 1 fully saturated rings. The molecule has 3 amide bonds. The number of aromatic nitrogens is 2. The standard InChI is InChI=1S/C32H55N7O9/c1-2-45-14-16-47-22-31(43)37-11-13-46-15-17-48-21-30(42)36-10-4-3-6-24(29(41)20-39-12-5-7-27(39)32(34)44)8-9-28(40)26(33)18-25-19-35-23-38-25/h19,23-24,26-27H,2-18,20-22,33H2,1H3,(H2,34,44)(H,35,38)(H,36,42)(H,37,43)/t24-,26+,27?/m1/s1. The van der Waals surface area contributed by atoms with Crippen molar-refractivity contribution in [3.63, 3.8) is 0 Å². The number of Topliss-reactive ketones (excluding diaryl/α,β-unsaturated/α-hetero) is 2. The van der Waals surface area contributed by atoms with Gasteiger partial charge in [-0.2, -0.15) is 0 Å². The normalized spacial score (nSPS) is 16.0. The van der Waals surface area contributed by atoms with Crippen molar-refractivity contribution >= 4 is 29.3 Å². The van der Waals surface area contributed by atoms with E-state index in [1.807, 2.05) is 11.8 Å². The molecule has 0 aliphatic carbocycles. The van der Waals surface area contributed by atoms with Crippen LogP contribution in [0, 0.1) is 5.92 Å². The van der Waals surface area contributed by atoms with E-state index in [4.69, 9.17) is 30.4 Å². The number of H-pyrrole nitrogens is 1.